The number of hydrogen-bond acceptors (Lipinski definition) is 3. The van der Waals surface area contributed by atoms with E-state index in [1.807, 2.05) is 0 Å². The first-order valence-corrected chi connectivity index (χ1v) is 6.91. The number of nitrogens with two attached hydrogens (primary N) is 1. The third-order valence-corrected chi connectivity index (χ3v) is 4.02. The van der Waals surface area contributed by atoms with Crippen molar-refractivity contribution in [1.29, 1.82) is 0 Å². The van der Waals surface area contributed by atoms with Gasteiger partial charge in [0.25, 0.3) is 0 Å². The normalized spacial score (nSPS) is 24.1. The van der Waals surface area contributed by atoms with Crippen molar-refractivity contribution in [3.63, 3.8) is 0 Å². The Kier molecular flexibility index (Phi) is 3.28. The first-order valence-electron chi connectivity index (χ1n) is 6.91. The second kappa shape index (κ2) is 4.84. The number of rotatable bonds is 3. The van der Waals surface area contributed by atoms with Gasteiger partial charge in [-0.25, -0.2) is 0 Å². The van der Waals surface area contributed by atoms with E-state index in [0.717, 1.165) is 37.7 Å². The second-order valence-corrected chi connectivity index (χ2v) is 5.66. The van der Waals surface area contributed by atoms with Crippen molar-refractivity contribution in [2.45, 2.75) is 37.5 Å². The Morgan fingerprint density at radius 2 is 1.95 bits per heavy atom. The number of benzene rings is 1. The van der Waals surface area contributed by atoms with Gasteiger partial charge in [-0.2, -0.15) is 13.2 Å². The third kappa shape index (κ3) is 2.85. The minimum absolute atomic E-state index is 0.157. The minimum atomic E-state index is -4.34. The van der Waals surface area contributed by atoms with Crippen LogP contribution in [0.1, 0.15) is 24.8 Å². The predicted molar refractivity (Wildman–Crippen MR) is 72.5 cm³/mol. The molecule has 1 heterocycles. The molecule has 2 fully saturated rings. The zero-order chi connectivity index (χ0) is 14.3. The molecule has 1 unspecified atom stereocenters. The van der Waals surface area contributed by atoms with Gasteiger partial charge in [0, 0.05) is 25.2 Å². The lowest BCUT2D eigenvalue weighted by Gasteiger charge is -2.18. The lowest BCUT2D eigenvalue weighted by Crippen LogP contribution is -2.28. The van der Waals surface area contributed by atoms with Crippen LogP contribution in [0.3, 0.4) is 0 Å². The Bertz CT molecular complexity index is 497. The molecule has 1 aromatic carbocycles. The highest BCUT2D eigenvalue weighted by Crippen LogP contribution is 2.34. The fourth-order valence-corrected chi connectivity index (χ4v) is 2.77. The number of anilines is 2. The fourth-order valence-electron chi connectivity index (χ4n) is 2.77. The first kappa shape index (κ1) is 13.5. The molecule has 1 atom stereocenters. The third-order valence-electron chi connectivity index (χ3n) is 4.02. The van der Waals surface area contributed by atoms with Crippen molar-refractivity contribution in [3.8, 4) is 0 Å². The van der Waals surface area contributed by atoms with Crippen LogP contribution in [-0.4, -0.2) is 30.1 Å². The maximum Gasteiger partial charge on any atom is 0.416 e. The molecule has 1 saturated carbocycles. The number of nitrogen functional groups attached to an aromatic ring is 1. The number of likely N-dealkylation sites (tertiary alicyclic amines) is 1. The zero-order valence-corrected chi connectivity index (χ0v) is 11.1. The van der Waals surface area contributed by atoms with Crippen LogP contribution in [0, 0.1) is 0 Å². The Balaban J connectivity index is 1.65. The van der Waals surface area contributed by atoms with Crippen LogP contribution in [-0.2, 0) is 6.18 Å². The molecule has 1 saturated heterocycles. The molecule has 3 nitrogen and oxygen atoms in total. The minimum Gasteiger partial charge on any atom is -0.397 e. The van der Waals surface area contributed by atoms with E-state index in [1.54, 1.807) is 0 Å². The Morgan fingerprint density at radius 3 is 2.55 bits per heavy atom. The summed E-state index contributed by atoms with van der Waals surface area (Å²) in [5, 5.41) is 3.27. The van der Waals surface area contributed by atoms with Crippen molar-refractivity contribution in [2.24, 2.45) is 0 Å². The molecule has 3 rings (SSSR count). The molecular formula is C14H18F3N3. The monoisotopic (exact) mass is 285 g/mol. The maximum absolute atomic E-state index is 12.6. The van der Waals surface area contributed by atoms with Crippen LogP contribution < -0.4 is 11.1 Å². The standard InChI is InChI=1S/C14H18F3N3/c15-14(16,17)9-1-4-13(12(18)7-9)19-10-5-6-20(8-10)11-2-3-11/h1,4,7,10-11,19H,2-3,5-6,8,18H2. The summed E-state index contributed by atoms with van der Waals surface area (Å²) in [6.07, 6.45) is -0.788. The molecular weight excluding hydrogens is 267 g/mol. The van der Waals surface area contributed by atoms with E-state index in [-0.39, 0.29) is 11.7 Å². The first-order chi connectivity index (χ1) is 9.43. The molecule has 2 aliphatic rings. The number of alkyl halides is 3. The zero-order valence-electron chi connectivity index (χ0n) is 11.1. The summed E-state index contributed by atoms with van der Waals surface area (Å²) in [5.41, 5.74) is 5.78. The summed E-state index contributed by atoms with van der Waals surface area (Å²) in [5.74, 6) is 0. The van der Waals surface area contributed by atoms with Crippen molar-refractivity contribution in [2.75, 3.05) is 24.1 Å². The average Bonchev–Trinajstić information content (AvgIpc) is 3.11. The van der Waals surface area contributed by atoms with Gasteiger partial charge >= 0.3 is 6.18 Å². The summed E-state index contributed by atoms with van der Waals surface area (Å²) in [6.45, 7) is 2.01. The molecule has 20 heavy (non-hydrogen) atoms. The number of nitrogens with zero attached hydrogens (tertiary/aromatic N) is 1. The van der Waals surface area contributed by atoms with E-state index < -0.39 is 11.7 Å². The van der Waals surface area contributed by atoms with Gasteiger partial charge in [0.05, 0.1) is 16.9 Å². The Labute approximate surface area is 115 Å². The Hall–Kier alpha value is -1.43. The molecule has 1 aliphatic carbocycles. The second-order valence-electron chi connectivity index (χ2n) is 5.66. The SMILES string of the molecule is Nc1cc(C(F)(F)F)ccc1NC1CCN(C2CC2)C1. The quantitative estimate of drug-likeness (QED) is 0.839. The van der Waals surface area contributed by atoms with Gasteiger partial charge in [0.2, 0.25) is 0 Å². The number of hydrogen-bond donors (Lipinski definition) is 2. The van der Waals surface area contributed by atoms with Crippen LogP contribution in [0.25, 0.3) is 0 Å². The fraction of sp³-hybridized carbons (Fsp3) is 0.571. The van der Waals surface area contributed by atoms with Crippen LogP contribution in [0.5, 0.6) is 0 Å². The van der Waals surface area contributed by atoms with Gasteiger partial charge in [-0.05, 0) is 37.5 Å². The molecule has 0 spiro atoms. The predicted octanol–water partition coefficient (Wildman–Crippen LogP) is 2.94. The lowest BCUT2D eigenvalue weighted by atomic mass is 10.1. The average molecular weight is 285 g/mol. The molecule has 0 aromatic heterocycles. The van der Waals surface area contributed by atoms with Gasteiger partial charge in [-0.3, -0.25) is 4.90 Å². The highest BCUT2D eigenvalue weighted by Gasteiger charge is 2.35. The summed E-state index contributed by atoms with van der Waals surface area (Å²) < 4.78 is 37.7. The summed E-state index contributed by atoms with van der Waals surface area (Å²) in [6, 6.07) is 4.50. The van der Waals surface area contributed by atoms with Gasteiger partial charge in [0.1, 0.15) is 0 Å². The molecule has 3 N–H and O–H groups in total. The van der Waals surface area contributed by atoms with Gasteiger partial charge < -0.3 is 11.1 Å². The van der Waals surface area contributed by atoms with E-state index in [1.165, 1.54) is 18.9 Å². The maximum atomic E-state index is 12.6. The molecule has 0 amide bonds. The molecule has 6 heteroatoms. The molecule has 110 valence electrons. The van der Waals surface area contributed by atoms with Crippen molar-refractivity contribution >= 4 is 11.4 Å². The van der Waals surface area contributed by atoms with Gasteiger partial charge in [0.15, 0.2) is 0 Å². The lowest BCUT2D eigenvalue weighted by molar-refractivity contribution is -0.137. The number of halogens is 3. The molecule has 0 bridgehead atoms. The van der Waals surface area contributed by atoms with Crippen LogP contribution in [0.2, 0.25) is 0 Å². The molecule has 1 aliphatic heterocycles. The largest absolute Gasteiger partial charge is 0.416 e. The van der Waals surface area contributed by atoms with Gasteiger partial charge in [-0.15, -0.1) is 0 Å². The van der Waals surface area contributed by atoms with Crippen LogP contribution in [0.4, 0.5) is 24.5 Å². The smallest absolute Gasteiger partial charge is 0.397 e. The summed E-state index contributed by atoms with van der Waals surface area (Å²) in [4.78, 5) is 2.44. The number of nitrogens with one attached hydrogen (secondary N) is 1. The molecule has 1 aromatic rings. The van der Waals surface area contributed by atoms with Crippen molar-refractivity contribution in [1.82, 2.24) is 4.90 Å². The van der Waals surface area contributed by atoms with Gasteiger partial charge in [-0.1, -0.05) is 0 Å². The van der Waals surface area contributed by atoms with Crippen LogP contribution in [0.15, 0.2) is 18.2 Å². The van der Waals surface area contributed by atoms with E-state index >= 15 is 0 Å². The summed E-state index contributed by atoms with van der Waals surface area (Å²) in [7, 11) is 0. The summed E-state index contributed by atoms with van der Waals surface area (Å²) >= 11 is 0. The topological polar surface area (TPSA) is 41.3 Å². The Morgan fingerprint density at radius 1 is 1.20 bits per heavy atom. The van der Waals surface area contributed by atoms with E-state index in [2.05, 4.69) is 10.2 Å². The van der Waals surface area contributed by atoms with Crippen molar-refractivity contribution in [3.05, 3.63) is 23.8 Å². The van der Waals surface area contributed by atoms with Crippen molar-refractivity contribution < 1.29 is 13.2 Å². The highest BCUT2D eigenvalue weighted by molar-refractivity contribution is 5.67. The highest BCUT2D eigenvalue weighted by atomic mass is 19.4. The van der Waals surface area contributed by atoms with E-state index in [4.69, 9.17) is 5.73 Å². The van der Waals surface area contributed by atoms with E-state index in [9.17, 15) is 13.2 Å². The van der Waals surface area contributed by atoms with E-state index in [0.29, 0.717) is 5.69 Å². The molecule has 0 radical (unpaired) electrons. The van der Waals surface area contributed by atoms with Crippen LogP contribution >= 0.6 is 0 Å².